The Bertz CT molecular complexity index is 897. The van der Waals surface area contributed by atoms with Gasteiger partial charge in [-0.1, -0.05) is 43.6 Å². The van der Waals surface area contributed by atoms with Gasteiger partial charge in [-0.3, -0.25) is 4.79 Å². The Morgan fingerprint density at radius 1 is 1.07 bits per heavy atom. The number of rotatable bonds is 9. The van der Waals surface area contributed by atoms with Crippen LogP contribution >= 0.6 is 11.6 Å². The molecule has 0 aliphatic carbocycles. The van der Waals surface area contributed by atoms with E-state index in [1.807, 2.05) is 31.2 Å². The van der Waals surface area contributed by atoms with Gasteiger partial charge in [-0.15, -0.1) is 0 Å². The third-order valence-corrected chi connectivity index (χ3v) is 6.83. The lowest BCUT2D eigenvalue weighted by Gasteiger charge is -2.18. The van der Waals surface area contributed by atoms with Crippen LogP contribution in [0.5, 0.6) is 0 Å². The average molecular weight is 424 g/mol. The van der Waals surface area contributed by atoms with E-state index in [0.29, 0.717) is 23.8 Å². The van der Waals surface area contributed by atoms with Gasteiger partial charge in [0, 0.05) is 29.8 Å². The van der Waals surface area contributed by atoms with Crippen molar-refractivity contribution in [3.05, 3.63) is 59.1 Å². The van der Waals surface area contributed by atoms with Gasteiger partial charge in [-0.25, -0.2) is 8.42 Å². The van der Waals surface area contributed by atoms with Crippen LogP contribution in [0.15, 0.2) is 53.4 Å². The van der Waals surface area contributed by atoms with Crippen LogP contribution in [0.2, 0.25) is 5.02 Å². The molecule has 2 rings (SSSR count). The van der Waals surface area contributed by atoms with E-state index < -0.39 is 10.0 Å². The number of anilines is 1. The first-order chi connectivity index (χ1) is 13.3. The van der Waals surface area contributed by atoms with Gasteiger partial charge in [-0.05, 0) is 42.8 Å². The second kappa shape index (κ2) is 10.0. The van der Waals surface area contributed by atoms with Crippen LogP contribution in [0.3, 0.4) is 0 Å². The SMILES string of the molecule is CCN(CC)S(=O)(=O)c1ccc(NC(=O)CN[C@@H](C)c2ccccc2Cl)cc1. The first-order valence-corrected chi connectivity index (χ1v) is 11.0. The molecule has 0 fully saturated rings. The summed E-state index contributed by atoms with van der Waals surface area (Å²) in [5, 5.41) is 6.53. The minimum absolute atomic E-state index is 0.0824. The van der Waals surface area contributed by atoms with Gasteiger partial charge >= 0.3 is 0 Å². The van der Waals surface area contributed by atoms with Gasteiger partial charge in [0.15, 0.2) is 0 Å². The highest BCUT2D eigenvalue weighted by molar-refractivity contribution is 7.89. The molecule has 0 aliphatic heterocycles. The number of benzene rings is 2. The van der Waals surface area contributed by atoms with E-state index in [1.54, 1.807) is 26.0 Å². The molecule has 28 heavy (non-hydrogen) atoms. The van der Waals surface area contributed by atoms with E-state index in [9.17, 15) is 13.2 Å². The zero-order valence-electron chi connectivity index (χ0n) is 16.3. The first-order valence-electron chi connectivity index (χ1n) is 9.17. The summed E-state index contributed by atoms with van der Waals surface area (Å²) in [7, 11) is -3.51. The number of carbonyl (C=O) groups excluding carboxylic acids is 1. The summed E-state index contributed by atoms with van der Waals surface area (Å²) in [5.41, 5.74) is 1.46. The molecule has 0 saturated carbocycles. The van der Waals surface area contributed by atoms with Gasteiger partial charge in [0.2, 0.25) is 15.9 Å². The standard InChI is InChI=1S/C20H26ClN3O3S/c1-4-24(5-2)28(26,27)17-12-10-16(11-13-17)23-20(25)14-22-15(3)18-8-6-7-9-19(18)21/h6-13,15,22H,4-5,14H2,1-3H3,(H,23,25)/t15-/m0/s1. The van der Waals surface area contributed by atoms with Gasteiger partial charge < -0.3 is 10.6 Å². The molecular formula is C20H26ClN3O3S. The second-order valence-corrected chi connectivity index (χ2v) is 8.63. The molecule has 0 unspecified atom stereocenters. The van der Waals surface area contributed by atoms with E-state index in [-0.39, 0.29) is 23.4 Å². The van der Waals surface area contributed by atoms with E-state index in [4.69, 9.17) is 11.6 Å². The highest BCUT2D eigenvalue weighted by atomic mass is 35.5. The fraction of sp³-hybridized carbons (Fsp3) is 0.350. The van der Waals surface area contributed by atoms with Crippen molar-refractivity contribution in [2.24, 2.45) is 0 Å². The third kappa shape index (κ3) is 5.54. The summed E-state index contributed by atoms with van der Waals surface area (Å²) >= 11 is 6.17. The maximum absolute atomic E-state index is 12.5. The number of sulfonamides is 1. The number of amides is 1. The highest BCUT2D eigenvalue weighted by Gasteiger charge is 2.21. The number of nitrogens with one attached hydrogen (secondary N) is 2. The molecule has 0 saturated heterocycles. The summed E-state index contributed by atoms with van der Waals surface area (Å²) in [4.78, 5) is 12.4. The average Bonchev–Trinajstić information content (AvgIpc) is 2.67. The van der Waals surface area contributed by atoms with Crippen molar-refractivity contribution in [1.29, 1.82) is 0 Å². The molecule has 2 N–H and O–H groups in total. The molecule has 1 amide bonds. The number of carbonyl (C=O) groups is 1. The molecule has 8 heteroatoms. The Hall–Kier alpha value is -1.93. The lowest BCUT2D eigenvalue weighted by molar-refractivity contribution is -0.115. The minimum Gasteiger partial charge on any atom is -0.325 e. The summed E-state index contributed by atoms with van der Waals surface area (Å²) < 4.78 is 26.4. The molecule has 0 bridgehead atoms. The number of nitrogens with zero attached hydrogens (tertiary/aromatic N) is 1. The smallest absolute Gasteiger partial charge is 0.243 e. The number of hydrogen-bond acceptors (Lipinski definition) is 4. The summed E-state index contributed by atoms with van der Waals surface area (Å²) in [6, 6.07) is 13.6. The van der Waals surface area contributed by atoms with Gasteiger partial charge in [0.25, 0.3) is 0 Å². The van der Waals surface area contributed by atoms with Crippen LogP contribution in [0.25, 0.3) is 0 Å². The normalized spacial score (nSPS) is 12.8. The van der Waals surface area contributed by atoms with Gasteiger partial charge in [0.05, 0.1) is 11.4 Å². The summed E-state index contributed by atoms with van der Waals surface area (Å²) in [6.07, 6.45) is 0. The van der Waals surface area contributed by atoms with Gasteiger partial charge in [0.1, 0.15) is 0 Å². The van der Waals surface area contributed by atoms with Crippen molar-refractivity contribution in [1.82, 2.24) is 9.62 Å². The molecule has 152 valence electrons. The van der Waals surface area contributed by atoms with Crippen molar-refractivity contribution in [3.63, 3.8) is 0 Å². The minimum atomic E-state index is -3.51. The Morgan fingerprint density at radius 2 is 1.68 bits per heavy atom. The molecule has 2 aromatic rings. The predicted molar refractivity (Wildman–Crippen MR) is 113 cm³/mol. The third-order valence-electron chi connectivity index (χ3n) is 4.42. The van der Waals surface area contributed by atoms with E-state index >= 15 is 0 Å². The molecule has 0 spiro atoms. The lowest BCUT2D eigenvalue weighted by Crippen LogP contribution is -2.31. The summed E-state index contributed by atoms with van der Waals surface area (Å²) in [6.45, 7) is 6.45. The zero-order valence-corrected chi connectivity index (χ0v) is 17.8. The fourth-order valence-corrected chi connectivity index (χ4v) is 4.57. The quantitative estimate of drug-likeness (QED) is 0.645. The molecular weight excluding hydrogens is 398 g/mol. The van der Waals surface area contributed by atoms with E-state index in [2.05, 4.69) is 10.6 Å². The van der Waals surface area contributed by atoms with Crippen LogP contribution in [0.1, 0.15) is 32.4 Å². The monoisotopic (exact) mass is 423 g/mol. The molecule has 2 aromatic carbocycles. The molecule has 0 heterocycles. The van der Waals surface area contributed by atoms with Crippen molar-refractivity contribution < 1.29 is 13.2 Å². The second-order valence-electron chi connectivity index (χ2n) is 6.29. The maximum atomic E-state index is 12.5. The molecule has 0 aromatic heterocycles. The Morgan fingerprint density at radius 3 is 2.25 bits per heavy atom. The molecule has 0 aliphatic rings. The fourth-order valence-electron chi connectivity index (χ4n) is 2.81. The highest BCUT2D eigenvalue weighted by Crippen LogP contribution is 2.22. The summed E-state index contributed by atoms with van der Waals surface area (Å²) in [5.74, 6) is -0.224. The van der Waals surface area contributed by atoms with Crippen LogP contribution in [0.4, 0.5) is 5.69 Å². The van der Waals surface area contributed by atoms with E-state index in [0.717, 1.165) is 5.56 Å². The number of halogens is 1. The van der Waals surface area contributed by atoms with E-state index in [1.165, 1.54) is 16.4 Å². The van der Waals surface area contributed by atoms with Crippen LogP contribution < -0.4 is 10.6 Å². The Labute approximate surface area is 171 Å². The van der Waals surface area contributed by atoms with Crippen LogP contribution in [-0.2, 0) is 14.8 Å². The molecule has 0 radical (unpaired) electrons. The lowest BCUT2D eigenvalue weighted by atomic mass is 10.1. The predicted octanol–water partition coefficient (Wildman–Crippen LogP) is 3.66. The number of hydrogen-bond donors (Lipinski definition) is 2. The Balaban J connectivity index is 1.95. The first kappa shape index (κ1) is 22.4. The van der Waals surface area contributed by atoms with Gasteiger partial charge in [-0.2, -0.15) is 4.31 Å². The molecule has 6 nitrogen and oxygen atoms in total. The van der Waals surface area contributed by atoms with Crippen molar-refractivity contribution >= 4 is 33.2 Å². The van der Waals surface area contributed by atoms with Crippen molar-refractivity contribution in [2.45, 2.75) is 31.7 Å². The largest absolute Gasteiger partial charge is 0.325 e. The van der Waals surface area contributed by atoms with Crippen LogP contribution in [-0.4, -0.2) is 38.3 Å². The Kier molecular flexibility index (Phi) is 8.00. The maximum Gasteiger partial charge on any atom is 0.243 e. The van der Waals surface area contributed by atoms with Crippen molar-refractivity contribution in [2.75, 3.05) is 25.0 Å². The van der Waals surface area contributed by atoms with Crippen LogP contribution in [0, 0.1) is 0 Å². The van der Waals surface area contributed by atoms with Crippen molar-refractivity contribution in [3.8, 4) is 0 Å². The molecule has 1 atom stereocenters. The topological polar surface area (TPSA) is 78.5 Å². The zero-order chi connectivity index (χ0) is 20.7.